The smallest absolute Gasteiger partial charge is 0.325 e. The Kier molecular flexibility index (Phi) is 5.22. The molecular formula is C23H24N4O4. The first-order valence-electron chi connectivity index (χ1n) is 10.2. The zero-order valence-corrected chi connectivity index (χ0v) is 17.5. The molecule has 5 amide bonds. The minimum Gasteiger partial charge on any atom is -0.345 e. The second-order valence-corrected chi connectivity index (χ2v) is 7.96. The van der Waals surface area contributed by atoms with Crippen molar-refractivity contribution in [3.8, 4) is 0 Å². The average molecular weight is 420 g/mol. The number of urea groups is 1. The molecule has 160 valence electrons. The van der Waals surface area contributed by atoms with Crippen molar-refractivity contribution in [2.75, 3.05) is 18.4 Å². The number of rotatable bonds is 5. The zero-order chi connectivity index (χ0) is 22.2. The van der Waals surface area contributed by atoms with Gasteiger partial charge < -0.3 is 16.0 Å². The second kappa shape index (κ2) is 7.86. The Morgan fingerprint density at radius 2 is 1.84 bits per heavy atom. The van der Waals surface area contributed by atoms with E-state index < -0.39 is 29.9 Å². The number of hydrogen-bond acceptors (Lipinski definition) is 4. The Labute approximate surface area is 180 Å². The highest BCUT2D eigenvalue weighted by Crippen LogP contribution is 2.41. The van der Waals surface area contributed by atoms with Crippen LogP contribution < -0.4 is 16.0 Å². The molecule has 1 saturated heterocycles. The lowest BCUT2D eigenvalue weighted by atomic mass is 9.92. The monoisotopic (exact) mass is 420 g/mol. The molecule has 3 N–H and O–H groups in total. The van der Waals surface area contributed by atoms with Gasteiger partial charge in [-0.2, -0.15) is 0 Å². The molecule has 1 fully saturated rings. The van der Waals surface area contributed by atoms with Crippen molar-refractivity contribution in [3.63, 3.8) is 0 Å². The number of fused-ring (bicyclic) bond motifs is 2. The Bertz CT molecular complexity index is 1100. The van der Waals surface area contributed by atoms with E-state index in [9.17, 15) is 19.2 Å². The summed E-state index contributed by atoms with van der Waals surface area (Å²) in [6.45, 7) is 3.15. The summed E-state index contributed by atoms with van der Waals surface area (Å²) < 4.78 is 0. The third-order valence-electron chi connectivity index (χ3n) is 6.05. The maximum Gasteiger partial charge on any atom is 0.325 e. The maximum atomic E-state index is 13.1. The maximum absolute atomic E-state index is 13.1. The first-order chi connectivity index (χ1) is 14.8. The van der Waals surface area contributed by atoms with Crippen LogP contribution in [0.15, 0.2) is 42.5 Å². The number of imide groups is 1. The van der Waals surface area contributed by atoms with Crippen LogP contribution in [0, 0.1) is 13.8 Å². The molecular weight excluding hydrogens is 396 g/mol. The molecule has 0 saturated carbocycles. The van der Waals surface area contributed by atoms with Gasteiger partial charge in [-0.3, -0.25) is 19.3 Å². The SMILES string of the molecule is Cc1cccc(NC(=O)CNC(=O)CN2C(=O)N[C@]3(CCc4ccccc43)C2=O)c1C. The van der Waals surface area contributed by atoms with Gasteiger partial charge in [-0.05, 0) is 55.0 Å². The predicted octanol–water partition coefficient (Wildman–Crippen LogP) is 1.75. The van der Waals surface area contributed by atoms with E-state index in [1.807, 2.05) is 50.2 Å². The zero-order valence-electron chi connectivity index (χ0n) is 17.5. The third kappa shape index (κ3) is 3.65. The van der Waals surface area contributed by atoms with E-state index in [0.717, 1.165) is 27.2 Å². The van der Waals surface area contributed by atoms with Gasteiger partial charge in [-0.25, -0.2) is 4.79 Å². The van der Waals surface area contributed by atoms with Crippen LogP contribution >= 0.6 is 0 Å². The standard InChI is InChI=1S/C23H24N4O4/c1-14-6-5-9-18(15(14)2)25-19(28)12-24-20(29)13-27-21(30)23(26-22(27)31)11-10-16-7-3-4-8-17(16)23/h3-9H,10-13H2,1-2H3,(H,24,29)(H,25,28)(H,26,31)/t23-/m0/s1. The van der Waals surface area contributed by atoms with Crippen LogP contribution in [-0.4, -0.2) is 41.7 Å². The van der Waals surface area contributed by atoms with Crippen molar-refractivity contribution in [1.29, 1.82) is 0 Å². The largest absolute Gasteiger partial charge is 0.345 e. The lowest BCUT2D eigenvalue weighted by Gasteiger charge is -2.22. The minimum absolute atomic E-state index is 0.260. The highest BCUT2D eigenvalue weighted by atomic mass is 16.2. The lowest BCUT2D eigenvalue weighted by Crippen LogP contribution is -2.44. The predicted molar refractivity (Wildman–Crippen MR) is 114 cm³/mol. The number of amides is 5. The number of carbonyl (C=O) groups is 4. The van der Waals surface area contributed by atoms with Crippen molar-refractivity contribution in [1.82, 2.24) is 15.5 Å². The number of carbonyl (C=O) groups excluding carboxylic acids is 4. The molecule has 1 atom stereocenters. The van der Waals surface area contributed by atoms with E-state index in [2.05, 4.69) is 16.0 Å². The van der Waals surface area contributed by atoms with Crippen molar-refractivity contribution in [2.24, 2.45) is 0 Å². The molecule has 2 aromatic rings. The van der Waals surface area contributed by atoms with Crippen molar-refractivity contribution >= 4 is 29.4 Å². The van der Waals surface area contributed by atoms with Gasteiger partial charge in [0, 0.05) is 5.69 Å². The van der Waals surface area contributed by atoms with Crippen LogP contribution in [-0.2, 0) is 26.3 Å². The van der Waals surface area contributed by atoms with Crippen LogP contribution in [0.3, 0.4) is 0 Å². The minimum atomic E-state index is -1.10. The van der Waals surface area contributed by atoms with E-state index >= 15 is 0 Å². The van der Waals surface area contributed by atoms with Crippen LogP contribution in [0.1, 0.15) is 28.7 Å². The van der Waals surface area contributed by atoms with E-state index in [4.69, 9.17) is 0 Å². The normalized spacial score (nSPS) is 19.4. The Morgan fingerprint density at radius 1 is 1.06 bits per heavy atom. The Balaban J connectivity index is 1.36. The van der Waals surface area contributed by atoms with Gasteiger partial charge in [0.15, 0.2) is 0 Å². The Hall–Kier alpha value is -3.68. The molecule has 8 heteroatoms. The molecule has 0 bridgehead atoms. The van der Waals surface area contributed by atoms with Gasteiger partial charge >= 0.3 is 6.03 Å². The van der Waals surface area contributed by atoms with E-state index in [1.165, 1.54) is 0 Å². The summed E-state index contributed by atoms with van der Waals surface area (Å²) in [5.41, 5.74) is 3.37. The highest BCUT2D eigenvalue weighted by Gasteiger charge is 2.55. The first kappa shape index (κ1) is 20.6. The van der Waals surface area contributed by atoms with E-state index in [-0.39, 0.29) is 12.5 Å². The topological polar surface area (TPSA) is 108 Å². The van der Waals surface area contributed by atoms with Crippen molar-refractivity contribution < 1.29 is 19.2 Å². The summed E-state index contributed by atoms with van der Waals surface area (Å²) in [5.74, 6) is -1.40. The van der Waals surface area contributed by atoms with Gasteiger partial charge in [0.05, 0.1) is 6.54 Å². The molecule has 0 aromatic heterocycles. The summed E-state index contributed by atoms with van der Waals surface area (Å²) in [7, 11) is 0. The van der Waals surface area contributed by atoms with Gasteiger partial charge in [-0.15, -0.1) is 0 Å². The molecule has 1 spiro atoms. The fraction of sp³-hybridized carbons (Fsp3) is 0.304. The van der Waals surface area contributed by atoms with Crippen molar-refractivity contribution in [3.05, 3.63) is 64.7 Å². The van der Waals surface area contributed by atoms with Gasteiger partial charge in [0.1, 0.15) is 12.1 Å². The molecule has 2 aromatic carbocycles. The summed E-state index contributed by atoms with van der Waals surface area (Å²) in [6.07, 6.45) is 1.15. The number of benzene rings is 2. The fourth-order valence-electron chi connectivity index (χ4n) is 4.19. The lowest BCUT2D eigenvalue weighted by molar-refractivity contribution is -0.135. The molecule has 0 unspecified atom stereocenters. The van der Waals surface area contributed by atoms with Crippen LogP contribution in [0.25, 0.3) is 0 Å². The molecule has 0 radical (unpaired) electrons. The number of aryl methyl sites for hydroxylation is 2. The number of hydrogen-bond donors (Lipinski definition) is 3. The number of nitrogens with one attached hydrogen (secondary N) is 3. The molecule has 1 heterocycles. The number of anilines is 1. The van der Waals surface area contributed by atoms with Crippen LogP contribution in [0.5, 0.6) is 0 Å². The second-order valence-electron chi connectivity index (χ2n) is 7.96. The van der Waals surface area contributed by atoms with Crippen LogP contribution in [0.2, 0.25) is 0 Å². The average Bonchev–Trinajstić information content (AvgIpc) is 3.23. The van der Waals surface area contributed by atoms with E-state index in [0.29, 0.717) is 18.5 Å². The quantitative estimate of drug-likeness (QED) is 0.641. The molecule has 8 nitrogen and oxygen atoms in total. The highest BCUT2D eigenvalue weighted by molar-refractivity contribution is 6.10. The van der Waals surface area contributed by atoms with Gasteiger partial charge in [0.2, 0.25) is 11.8 Å². The fourth-order valence-corrected chi connectivity index (χ4v) is 4.19. The molecule has 4 rings (SSSR count). The van der Waals surface area contributed by atoms with Crippen LogP contribution in [0.4, 0.5) is 10.5 Å². The third-order valence-corrected chi connectivity index (χ3v) is 6.05. The first-order valence-corrected chi connectivity index (χ1v) is 10.2. The van der Waals surface area contributed by atoms with E-state index in [1.54, 1.807) is 6.07 Å². The molecule has 1 aliphatic carbocycles. The summed E-state index contributed by atoms with van der Waals surface area (Å²) in [6, 6.07) is 12.5. The molecule has 2 aliphatic rings. The summed E-state index contributed by atoms with van der Waals surface area (Å²) in [5, 5.41) is 8.01. The van der Waals surface area contributed by atoms with Gasteiger partial charge in [0.25, 0.3) is 5.91 Å². The summed E-state index contributed by atoms with van der Waals surface area (Å²) in [4.78, 5) is 51.0. The molecule has 31 heavy (non-hydrogen) atoms. The molecule has 1 aliphatic heterocycles. The Morgan fingerprint density at radius 3 is 2.65 bits per heavy atom. The summed E-state index contributed by atoms with van der Waals surface area (Å²) >= 11 is 0. The van der Waals surface area contributed by atoms with Gasteiger partial charge in [-0.1, -0.05) is 36.4 Å². The van der Waals surface area contributed by atoms with Crippen molar-refractivity contribution in [2.45, 2.75) is 32.2 Å². The number of nitrogens with zero attached hydrogens (tertiary/aromatic N) is 1.